The lowest BCUT2D eigenvalue weighted by Crippen LogP contribution is -2.54. The Bertz CT molecular complexity index is 2210. The number of barbiturate groups is 1. The molecule has 266 valence electrons. The minimum Gasteiger partial charge on any atom is -0.493 e. The zero-order valence-corrected chi connectivity index (χ0v) is 31.8. The molecule has 0 aromatic heterocycles. The van der Waals surface area contributed by atoms with Crippen molar-refractivity contribution >= 4 is 69.5 Å². The fraction of sp³-hybridized carbons (Fsp3) is 0.186. The highest BCUT2D eigenvalue weighted by atomic mass is 127. The molecule has 1 N–H and O–H groups in total. The molecule has 4 amide bonds. The van der Waals surface area contributed by atoms with E-state index in [1.54, 1.807) is 18.2 Å². The first kappa shape index (κ1) is 34.9. The Morgan fingerprint density at radius 1 is 0.830 bits per heavy atom. The Labute approximate surface area is 326 Å². The van der Waals surface area contributed by atoms with Crippen molar-refractivity contribution in [3.8, 4) is 11.5 Å². The van der Waals surface area contributed by atoms with E-state index < -0.39 is 17.8 Å². The zero-order chi connectivity index (χ0) is 36.6. The van der Waals surface area contributed by atoms with Crippen LogP contribution in [-0.4, -0.2) is 38.0 Å². The molecule has 53 heavy (non-hydrogen) atoms. The lowest BCUT2D eigenvalue weighted by molar-refractivity contribution is -0.122. The average molecular weight is 836 g/mol. The molecule has 0 saturated carbocycles. The molecule has 3 aliphatic rings. The number of nitrogens with zero attached hydrogens (tertiary/aromatic N) is 2. The second-order valence-electron chi connectivity index (χ2n) is 13.4. The summed E-state index contributed by atoms with van der Waals surface area (Å²) in [6.07, 6.45) is 3.30. The summed E-state index contributed by atoms with van der Waals surface area (Å²) in [7, 11) is 1.53. The highest BCUT2D eigenvalue weighted by molar-refractivity contribution is 14.1. The lowest BCUT2D eigenvalue weighted by Gasteiger charge is -2.44. The predicted molar refractivity (Wildman–Crippen MR) is 215 cm³/mol. The predicted octanol–water partition coefficient (Wildman–Crippen LogP) is 9.08. The van der Waals surface area contributed by atoms with Crippen LogP contribution in [0.1, 0.15) is 58.1 Å². The first-order chi connectivity index (χ1) is 25.8. The Morgan fingerprint density at radius 2 is 1.47 bits per heavy atom. The van der Waals surface area contributed by atoms with E-state index in [-0.39, 0.29) is 24.0 Å². The van der Waals surface area contributed by atoms with Gasteiger partial charge >= 0.3 is 6.03 Å². The van der Waals surface area contributed by atoms with E-state index in [1.807, 2.05) is 66.7 Å². The second kappa shape index (κ2) is 14.7. The maximum Gasteiger partial charge on any atom is 0.335 e. The van der Waals surface area contributed by atoms with Gasteiger partial charge in [-0.05, 0) is 111 Å². The van der Waals surface area contributed by atoms with Crippen molar-refractivity contribution in [1.82, 2.24) is 5.32 Å². The molecule has 0 aliphatic carbocycles. The number of carbonyl (C=O) groups is 3. The van der Waals surface area contributed by atoms with Crippen LogP contribution in [-0.2, 0) is 16.2 Å². The first-order valence-electron chi connectivity index (χ1n) is 17.5. The molecular weight excluding hydrogens is 801 g/mol. The van der Waals surface area contributed by atoms with E-state index in [0.717, 1.165) is 47.5 Å². The van der Waals surface area contributed by atoms with Crippen molar-refractivity contribution in [3.05, 3.63) is 157 Å². The molecule has 0 spiro atoms. The van der Waals surface area contributed by atoms with Crippen LogP contribution in [0.5, 0.6) is 11.5 Å². The largest absolute Gasteiger partial charge is 0.493 e. The average Bonchev–Trinajstić information content (AvgIpc) is 3.16. The number of methoxy groups -OCH3 is 1. The molecule has 1 saturated heterocycles. The minimum atomic E-state index is -0.780. The number of rotatable bonds is 8. The fourth-order valence-corrected chi connectivity index (χ4v) is 8.77. The van der Waals surface area contributed by atoms with E-state index in [1.165, 1.54) is 30.0 Å². The fourth-order valence-electron chi connectivity index (χ4n) is 7.77. The Morgan fingerprint density at radius 3 is 2.08 bits per heavy atom. The molecule has 5 aromatic rings. The first-order valence-corrected chi connectivity index (χ1v) is 18.9. The smallest absolute Gasteiger partial charge is 0.335 e. The van der Waals surface area contributed by atoms with Gasteiger partial charge in [0.15, 0.2) is 11.5 Å². The Hall–Kier alpha value is -5.13. The number of ether oxygens (including phenoxy) is 2. The molecule has 5 aromatic carbocycles. The van der Waals surface area contributed by atoms with Crippen LogP contribution in [0.2, 0.25) is 5.02 Å². The van der Waals surface area contributed by atoms with Gasteiger partial charge in [-0.2, -0.15) is 0 Å². The lowest BCUT2D eigenvalue weighted by atomic mass is 9.76. The molecule has 0 unspecified atom stereocenters. The summed E-state index contributed by atoms with van der Waals surface area (Å²) in [5.74, 6) is -0.364. The van der Waals surface area contributed by atoms with E-state index in [4.69, 9.17) is 21.1 Å². The number of carbonyl (C=O) groups excluding carboxylic acids is 3. The molecule has 10 heteroatoms. The van der Waals surface area contributed by atoms with E-state index in [2.05, 4.69) is 57.1 Å². The van der Waals surface area contributed by atoms with Crippen molar-refractivity contribution < 1.29 is 23.9 Å². The van der Waals surface area contributed by atoms with E-state index in [9.17, 15) is 14.4 Å². The van der Waals surface area contributed by atoms with Gasteiger partial charge in [-0.15, -0.1) is 0 Å². The summed E-state index contributed by atoms with van der Waals surface area (Å²) in [5.41, 5.74) is 7.39. The second-order valence-corrected chi connectivity index (χ2v) is 15.0. The van der Waals surface area contributed by atoms with Gasteiger partial charge in [-0.1, -0.05) is 84.4 Å². The summed E-state index contributed by atoms with van der Waals surface area (Å²) in [6.45, 7) is 2.09. The Balaban J connectivity index is 1.19. The topological polar surface area (TPSA) is 88.2 Å². The van der Waals surface area contributed by atoms with Gasteiger partial charge in [0.1, 0.15) is 12.2 Å². The standard InChI is InChI=1S/C43H35ClIN3O5/c1-52-38-22-27(21-37(45)40(38)53-25-26-9-8-14-30(44)19-26)20-36-41(49)46-43(51)48(42(36)50)31-23-34-32(28-10-4-2-5-11-28)15-17-47-18-16-33(35(24-31)39(34)47)29-12-6-3-7-13-29/h2-14,19-24,32-33H,15-18,25H2,1H3,(H,46,49,51)/b36-20+/t32-,33+. The number of imide groups is 2. The van der Waals surface area contributed by atoms with Gasteiger partial charge in [0.05, 0.1) is 16.4 Å². The summed E-state index contributed by atoms with van der Waals surface area (Å²) in [5, 5.41) is 3.04. The molecule has 3 aliphatic heterocycles. The number of amides is 4. The van der Waals surface area contributed by atoms with Crippen molar-refractivity contribution in [2.75, 3.05) is 30.0 Å². The number of hydrogen-bond donors (Lipinski definition) is 1. The van der Waals surface area contributed by atoms with Crippen LogP contribution in [0.25, 0.3) is 6.08 Å². The summed E-state index contributed by atoms with van der Waals surface area (Å²) >= 11 is 8.29. The summed E-state index contributed by atoms with van der Waals surface area (Å²) in [6, 6.07) is 34.8. The van der Waals surface area contributed by atoms with Crippen molar-refractivity contribution in [2.45, 2.75) is 31.3 Å². The zero-order valence-electron chi connectivity index (χ0n) is 28.9. The van der Waals surface area contributed by atoms with Gasteiger partial charge < -0.3 is 14.4 Å². The SMILES string of the molecule is COc1cc(/C=C2\C(=O)NC(=O)N(c3cc4c5c(c3)[C@H](c3ccccc3)CCN5CC[C@@H]4c3ccccc3)C2=O)cc(I)c1OCc1cccc(Cl)c1. The minimum absolute atomic E-state index is 0.0735. The summed E-state index contributed by atoms with van der Waals surface area (Å²) in [4.78, 5) is 44.9. The maximum atomic E-state index is 14.4. The highest BCUT2D eigenvalue weighted by Gasteiger charge is 2.40. The number of nitrogens with one attached hydrogen (secondary N) is 1. The number of benzene rings is 5. The van der Waals surface area contributed by atoms with Crippen molar-refractivity contribution in [2.24, 2.45) is 0 Å². The number of anilines is 2. The van der Waals surface area contributed by atoms with Gasteiger partial charge in [0.25, 0.3) is 11.8 Å². The molecule has 8 nitrogen and oxygen atoms in total. The maximum absolute atomic E-state index is 14.4. The van der Waals surface area contributed by atoms with Crippen LogP contribution < -0.4 is 24.6 Å². The molecule has 1 fully saturated rings. The molecular formula is C43H35ClIN3O5. The third kappa shape index (κ3) is 6.79. The van der Waals surface area contributed by atoms with Crippen LogP contribution in [0.4, 0.5) is 16.2 Å². The third-order valence-electron chi connectivity index (χ3n) is 10.2. The van der Waals surface area contributed by atoms with Crippen LogP contribution in [0, 0.1) is 3.57 Å². The number of hydrogen-bond acceptors (Lipinski definition) is 6. The van der Waals surface area contributed by atoms with Gasteiger partial charge in [0, 0.05) is 35.6 Å². The van der Waals surface area contributed by atoms with Gasteiger partial charge in [-0.25, -0.2) is 9.69 Å². The molecule has 3 heterocycles. The monoisotopic (exact) mass is 835 g/mol. The van der Waals surface area contributed by atoms with Crippen LogP contribution in [0.15, 0.2) is 115 Å². The van der Waals surface area contributed by atoms with Crippen molar-refractivity contribution in [3.63, 3.8) is 0 Å². The summed E-state index contributed by atoms with van der Waals surface area (Å²) < 4.78 is 12.5. The molecule has 8 rings (SSSR count). The van der Waals surface area contributed by atoms with Gasteiger partial charge in [0.2, 0.25) is 0 Å². The van der Waals surface area contributed by atoms with Gasteiger partial charge in [-0.3, -0.25) is 14.9 Å². The van der Waals surface area contributed by atoms with Crippen molar-refractivity contribution in [1.29, 1.82) is 0 Å². The normalized spacial score (nSPS) is 18.8. The molecule has 0 bridgehead atoms. The van der Waals surface area contributed by atoms with E-state index >= 15 is 0 Å². The Kier molecular flexibility index (Phi) is 9.70. The number of urea groups is 1. The van der Waals surface area contributed by atoms with Crippen LogP contribution in [0.3, 0.4) is 0 Å². The van der Waals surface area contributed by atoms with Crippen LogP contribution >= 0.6 is 34.2 Å². The van der Waals surface area contributed by atoms with E-state index in [0.29, 0.717) is 31.3 Å². The molecule has 0 radical (unpaired) electrons. The number of halogens is 2. The molecule has 2 atom stereocenters. The third-order valence-corrected chi connectivity index (χ3v) is 11.2. The quantitative estimate of drug-likeness (QED) is 0.0954. The highest BCUT2D eigenvalue weighted by Crippen LogP contribution is 2.50.